The van der Waals surface area contributed by atoms with Crippen molar-refractivity contribution in [2.75, 3.05) is 13.7 Å². The molecule has 37 heavy (non-hydrogen) atoms. The number of alkyl halides is 2. The summed E-state index contributed by atoms with van der Waals surface area (Å²) in [5.41, 5.74) is 3.81. The predicted octanol–water partition coefficient (Wildman–Crippen LogP) is 4.62. The molecule has 0 fully saturated rings. The number of aromatic nitrogens is 1. The van der Waals surface area contributed by atoms with Crippen LogP contribution in [-0.4, -0.2) is 43.2 Å². The zero-order valence-corrected chi connectivity index (χ0v) is 20.9. The molecule has 0 amide bonds. The van der Waals surface area contributed by atoms with Crippen LogP contribution in [0.3, 0.4) is 0 Å². The van der Waals surface area contributed by atoms with Crippen LogP contribution in [0, 0.1) is 5.82 Å². The topological polar surface area (TPSA) is 110 Å². The second-order valence-corrected chi connectivity index (χ2v) is 7.79. The third-order valence-electron chi connectivity index (χ3n) is 5.02. The maximum Gasteiger partial charge on any atom is 0.261 e. The molecule has 0 bridgehead atoms. The number of ether oxygens (including phenoxy) is 1. The van der Waals surface area contributed by atoms with Crippen LogP contribution >= 0.6 is 0 Å². The van der Waals surface area contributed by atoms with Crippen molar-refractivity contribution < 1.29 is 27.8 Å². The molecule has 2 unspecified atom stereocenters. The molecule has 4 N–H and O–H groups in total. The maximum absolute atomic E-state index is 12.7. The molecule has 0 saturated heterocycles. The molecular formula is C27H33F3N4O3. The number of nitrogens with zero attached hydrogens (tertiary/aromatic N) is 2. The zero-order valence-electron chi connectivity index (χ0n) is 20.9. The maximum atomic E-state index is 12.7. The highest BCUT2D eigenvalue weighted by atomic mass is 19.3. The largest absolute Gasteiger partial charge is 0.388 e. The van der Waals surface area contributed by atoms with Crippen LogP contribution in [0.25, 0.3) is 0 Å². The van der Waals surface area contributed by atoms with Crippen molar-refractivity contribution in [2.45, 2.75) is 38.5 Å². The lowest BCUT2D eigenvalue weighted by molar-refractivity contribution is -0.0181. The van der Waals surface area contributed by atoms with Gasteiger partial charge < -0.3 is 21.0 Å². The number of aliphatic hydroxyl groups is 1. The fraction of sp³-hybridized carbons (Fsp3) is 0.296. The number of hydrazone groups is 1. The zero-order chi connectivity index (χ0) is 27.6. The van der Waals surface area contributed by atoms with Gasteiger partial charge >= 0.3 is 0 Å². The second-order valence-electron chi connectivity index (χ2n) is 7.79. The van der Waals surface area contributed by atoms with Crippen molar-refractivity contribution in [1.29, 1.82) is 0 Å². The molecule has 1 heterocycles. The number of nitrogens with one attached hydrogen (secondary N) is 1. The van der Waals surface area contributed by atoms with E-state index in [1.165, 1.54) is 12.1 Å². The first-order valence-electron chi connectivity index (χ1n) is 11.4. The molecule has 0 spiro atoms. The van der Waals surface area contributed by atoms with Gasteiger partial charge in [-0.1, -0.05) is 30.3 Å². The summed E-state index contributed by atoms with van der Waals surface area (Å²) in [4.78, 5) is 14.9. The van der Waals surface area contributed by atoms with Crippen molar-refractivity contribution in [3.05, 3.63) is 101 Å². The minimum absolute atomic E-state index is 0.264. The molecule has 200 valence electrons. The summed E-state index contributed by atoms with van der Waals surface area (Å²) < 4.78 is 41.7. The lowest BCUT2D eigenvalue weighted by Crippen LogP contribution is -2.10. The van der Waals surface area contributed by atoms with Crippen LogP contribution in [0.5, 0.6) is 0 Å². The lowest BCUT2D eigenvalue weighted by atomic mass is 10.0. The van der Waals surface area contributed by atoms with Crippen LogP contribution in [-0.2, 0) is 17.7 Å². The van der Waals surface area contributed by atoms with Gasteiger partial charge in [0, 0.05) is 37.6 Å². The van der Waals surface area contributed by atoms with Gasteiger partial charge in [-0.05, 0) is 60.5 Å². The molecular weight excluding hydrogens is 485 g/mol. The highest BCUT2D eigenvalue weighted by Crippen LogP contribution is 2.21. The van der Waals surface area contributed by atoms with E-state index in [0.29, 0.717) is 18.5 Å². The van der Waals surface area contributed by atoms with E-state index < -0.39 is 25.2 Å². The number of aldehydes is 1. The molecule has 3 aromatic rings. The highest BCUT2D eigenvalue weighted by Gasteiger charge is 2.12. The van der Waals surface area contributed by atoms with Crippen molar-refractivity contribution in [1.82, 2.24) is 10.3 Å². The summed E-state index contributed by atoms with van der Waals surface area (Å²) in [6, 6.07) is 15.0. The molecule has 0 saturated carbocycles. The minimum Gasteiger partial charge on any atom is -0.388 e. The Kier molecular flexibility index (Phi) is 15.1. The molecule has 7 nitrogen and oxygen atoms in total. The van der Waals surface area contributed by atoms with Gasteiger partial charge in [0.25, 0.3) is 6.43 Å². The molecule has 0 aliphatic rings. The van der Waals surface area contributed by atoms with E-state index >= 15 is 0 Å². The average molecular weight is 519 g/mol. The number of halogens is 3. The monoisotopic (exact) mass is 518 g/mol. The van der Waals surface area contributed by atoms with E-state index in [2.05, 4.69) is 28.0 Å². The van der Waals surface area contributed by atoms with Gasteiger partial charge in [0.05, 0.1) is 12.2 Å². The van der Waals surface area contributed by atoms with E-state index in [1.807, 2.05) is 6.07 Å². The van der Waals surface area contributed by atoms with Gasteiger partial charge in [0.1, 0.15) is 18.7 Å². The van der Waals surface area contributed by atoms with Gasteiger partial charge in [0.15, 0.2) is 0 Å². The van der Waals surface area contributed by atoms with E-state index in [-0.39, 0.29) is 5.82 Å². The first-order valence-corrected chi connectivity index (χ1v) is 11.4. The smallest absolute Gasteiger partial charge is 0.261 e. The molecule has 2 atom stereocenters. The van der Waals surface area contributed by atoms with Crippen LogP contribution in [0.4, 0.5) is 13.2 Å². The average Bonchev–Trinajstić information content (AvgIpc) is 2.90. The number of benzene rings is 2. The highest BCUT2D eigenvalue weighted by molar-refractivity contribution is 5.77. The fourth-order valence-electron chi connectivity index (χ4n) is 3.18. The number of rotatable bonds is 10. The summed E-state index contributed by atoms with van der Waals surface area (Å²) in [6.07, 6.45) is 0.978. The molecule has 0 aliphatic heterocycles. The SMILES string of the molecule is C=NN.CNCc1ccc(C(C)OCC(F)F)cc1C=O.OC(Cc1ccc(F)cc1)c1cccnc1. The van der Waals surface area contributed by atoms with Crippen molar-refractivity contribution >= 4 is 13.0 Å². The normalized spacial score (nSPS) is 11.9. The fourth-order valence-corrected chi connectivity index (χ4v) is 3.18. The predicted molar refractivity (Wildman–Crippen MR) is 138 cm³/mol. The Labute approximate surface area is 215 Å². The Hall–Kier alpha value is -3.60. The van der Waals surface area contributed by atoms with Gasteiger partial charge in [0.2, 0.25) is 0 Å². The van der Waals surface area contributed by atoms with Crippen LogP contribution < -0.4 is 11.2 Å². The van der Waals surface area contributed by atoms with Crippen molar-refractivity contribution in [2.24, 2.45) is 10.9 Å². The first kappa shape index (κ1) is 31.4. The molecule has 2 aromatic carbocycles. The quantitative estimate of drug-likeness (QED) is 0.156. The summed E-state index contributed by atoms with van der Waals surface area (Å²) in [5.74, 6) is 4.10. The minimum atomic E-state index is -2.48. The number of pyridine rings is 1. The summed E-state index contributed by atoms with van der Waals surface area (Å²) >= 11 is 0. The van der Waals surface area contributed by atoms with Crippen LogP contribution in [0.1, 0.15) is 51.7 Å². The number of hydrogen-bond donors (Lipinski definition) is 3. The van der Waals surface area contributed by atoms with E-state index in [9.17, 15) is 23.1 Å². The number of carbonyl (C=O) groups is 1. The van der Waals surface area contributed by atoms with Gasteiger partial charge in [-0.25, -0.2) is 13.2 Å². The third-order valence-corrected chi connectivity index (χ3v) is 5.02. The van der Waals surface area contributed by atoms with Crippen LogP contribution in [0.15, 0.2) is 72.1 Å². The number of hydrogen-bond acceptors (Lipinski definition) is 7. The Bertz CT molecular complexity index is 1050. The van der Waals surface area contributed by atoms with E-state index in [0.717, 1.165) is 28.5 Å². The molecule has 10 heteroatoms. The summed E-state index contributed by atoms with van der Waals surface area (Å²) in [7, 11) is 1.79. The van der Waals surface area contributed by atoms with Gasteiger partial charge in [-0.15, -0.1) is 0 Å². The second kappa shape index (κ2) is 17.8. The standard InChI is InChI=1S/C13H17F2NO2.C13H12FNO.CH4N2/c1-9(18-8-13(14)15)10-3-4-11(6-16-2)12(5-10)7-17;14-12-5-3-10(4-6-12)8-13(16)11-2-1-7-15-9-11;1-3-2/h3-5,7,9,13,16H,6,8H2,1-2H3;1-7,9,13,16H,8H2;1-2H2. The molecule has 3 rings (SSSR count). The Morgan fingerprint density at radius 3 is 2.41 bits per heavy atom. The molecule has 1 aromatic heterocycles. The summed E-state index contributed by atoms with van der Waals surface area (Å²) in [6.45, 7) is 4.56. The molecule has 0 aliphatic carbocycles. The Balaban J connectivity index is 0.000000336. The number of aliphatic hydroxyl groups excluding tert-OH is 1. The third kappa shape index (κ3) is 12.3. The van der Waals surface area contributed by atoms with E-state index in [1.54, 1.807) is 62.8 Å². The van der Waals surface area contributed by atoms with Gasteiger partial charge in [-0.3, -0.25) is 9.78 Å². The van der Waals surface area contributed by atoms with Crippen molar-refractivity contribution in [3.8, 4) is 0 Å². The van der Waals surface area contributed by atoms with Gasteiger partial charge in [-0.2, -0.15) is 5.10 Å². The van der Waals surface area contributed by atoms with Crippen molar-refractivity contribution in [3.63, 3.8) is 0 Å². The Morgan fingerprint density at radius 2 is 1.86 bits per heavy atom. The number of nitrogens with two attached hydrogens (primary N) is 1. The van der Waals surface area contributed by atoms with Crippen LogP contribution in [0.2, 0.25) is 0 Å². The summed E-state index contributed by atoms with van der Waals surface area (Å²) in [5, 5.41) is 15.6. The van der Waals surface area contributed by atoms with E-state index in [4.69, 9.17) is 4.74 Å². The Morgan fingerprint density at radius 1 is 1.19 bits per heavy atom. The lowest BCUT2D eigenvalue weighted by Gasteiger charge is -2.15. The first-order chi connectivity index (χ1) is 17.7. The molecule has 0 radical (unpaired) electrons. The number of carbonyl (C=O) groups excluding carboxylic acids is 1.